The zero-order valence-corrected chi connectivity index (χ0v) is 16.9. The van der Waals surface area contributed by atoms with Crippen LogP contribution in [0.15, 0.2) is 56.3 Å². The van der Waals surface area contributed by atoms with Gasteiger partial charge in [0.1, 0.15) is 0 Å². The largest absolute Gasteiger partial charge is 0.421 e. The van der Waals surface area contributed by atoms with Gasteiger partial charge in [0, 0.05) is 33.5 Å². The molecule has 0 aliphatic heterocycles. The molecule has 0 bridgehead atoms. The second kappa shape index (κ2) is 8.60. The lowest BCUT2D eigenvalue weighted by molar-refractivity contribution is -0.132. The summed E-state index contributed by atoms with van der Waals surface area (Å²) < 4.78 is 5.69. The Morgan fingerprint density at radius 1 is 1.00 bits per heavy atom. The summed E-state index contributed by atoms with van der Waals surface area (Å²) in [6.07, 6.45) is 0.795. The molecule has 0 aromatic carbocycles. The summed E-state index contributed by atoms with van der Waals surface area (Å²) in [4.78, 5) is 17.1. The van der Waals surface area contributed by atoms with Gasteiger partial charge in [0.25, 0.3) is 0 Å². The molecule has 0 saturated heterocycles. The summed E-state index contributed by atoms with van der Waals surface area (Å²) in [5, 5.41) is 16.2. The van der Waals surface area contributed by atoms with E-state index in [1.807, 2.05) is 44.6 Å². The Balaban J connectivity index is 1.40. The smallest absolute Gasteiger partial charge is 0.248 e. The molecule has 0 N–H and O–H groups in total. The lowest BCUT2D eigenvalue weighted by Crippen LogP contribution is -2.29. The molecule has 0 spiro atoms. The predicted molar refractivity (Wildman–Crippen MR) is 109 cm³/mol. The molecule has 4 aromatic rings. The summed E-state index contributed by atoms with van der Waals surface area (Å²) in [7, 11) is 0. The van der Waals surface area contributed by atoms with E-state index in [-0.39, 0.29) is 5.91 Å². The fourth-order valence-electron chi connectivity index (χ4n) is 2.64. The Bertz CT molecular complexity index is 924. The van der Waals surface area contributed by atoms with E-state index in [0.29, 0.717) is 37.7 Å². The van der Waals surface area contributed by atoms with Gasteiger partial charge in [0.15, 0.2) is 0 Å². The maximum atomic E-state index is 12.9. The second-order valence-corrected chi connectivity index (χ2v) is 8.77. The van der Waals surface area contributed by atoms with Crippen LogP contribution in [0.4, 0.5) is 0 Å². The van der Waals surface area contributed by atoms with Gasteiger partial charge in [-0.1, -0.05) is 12.1 Å². The normalized spacial score (nSPS) is 11.0. The van der Waals surface area contributed by atoms with E-state index >= 15 is 0 Å². The Hall–Kier alpha value is -2.29. The zero-order chi connectivity index (χ0) is 18.5. The maximum absolute atomic E-state index is 12.9. The van der Waals surface area contributed by atoms with Crippen molar-refractivity contribution in [1.29, 1.82) is 0 Å². The number of thiophene rings is 3. The van der Waals surface area contributed by atoms with Crippen molar-refractivity contribution in [2.45, 2.75) is 25.9 Å². The number of carbonyl (C=O) groups is 1. The lowest BCUT2D eigenvalue weighted by Gasteiger charge is -2.21. The molecule has 1 amide bonds. The van der Waals surface area contributed by atoms with E-state index in [1.165, 1.54) is 9.75 Å². The van der Waals surface area contributed by atoms with Gasteiger partial charge in [-0.05, 0) is 34.3 Å². The van der Waals surface area contributed by atoms with E-state index < -0.39 is 0 Å². The molecule has 0 aliphatic rings. The maximum Gasteiger partial charge on any atom is 0.248 e. The minimum Gasteiger partial charge on any atom is -0.421 e. The van der Waals surface area contributed by atoms with Crippen LogP contribution in [-0.2, 0) is 24.3 Å². The quantitative estimate of drug-likeness (QED) is 0.402. The van der Waals surface area contributed by atoms with Crippen LogP contribution in [0.2, 0.25) is 0 Å². The van der Waals surface area contributed by atoms with Crippen molar-refractivity contribution in [3.05, 3.63) is 67.5 Å². The fourth-order valence-corrected chi connectivity index (χ4v) is 4.71. The molecule has 5 nitrogen and oxygen atoms in total. The minimum absolute atomic E-state index is 0.0899. The van der Waals surface area contributed by atoms with Crippen LogP contribution in [0, 0.1) is 0 Å². The second-order valence-electron chi connectivity index (χ2n) is 5.92. The van der Waals surface area contributed by atoms with Crippen LogP contribution >= 0.6 is 34.0 Å². The first-order chi connectivity index (χ1) is 13.3. The van der Waals surface area contributed by atoms with Gasteiger partial charge in [0.2, 0.25) is 17.7 Å². The average molecular weight is 416 g/mol. The van der Waals surface area contributed by atoms with Crippen molar-refractivity contribution in [3.63, 3.8) is 0 Å². The van der Waals surface area contributed by atoms with Gasteiger partial charge < -0.3 is 9.32 Å². The standard InChI is InChI=1S/C19H17N3O2S3/c23-18(6-5-17-20-21-19(24-17)14-7-10-25-13-14)22(11-15-3-1-8-26-15)12-16-4-2-9-27-16/h1-4,7-10,13H,5-6,11-12H2. The van der Waals surface area contributed by atoms with Gasteiger partial charge in [-0.25, -0.2) is 0 Å². The van der Waals surface area contributed by atoms with Crippen LogP contribution in [0.25, 0.3) is 11.5 Å². The number of hydrogen-bond donors (Lipinski definition) is 0. The minimum atomic E-state index is 0.0899. The van der Waals surface area contributed by atoms with E-state index in [4.69, 9.17) is 4.42 Å². The summed E-state index contributed by atoms with van der Waals surface area (Å²) in [5.41, 5.74) is 0.919. The highest BCUT2D eigenvalue weighted by atomic mass is 32.1. The molecule has 27 heavy (non-hydrogen) atoms. The Morgan fingerprint density at radius 3 is 2.33 bits per heavy atom. The Labute approximate surface area is 168 Å². The number of hydrogen-bond acceptors (Lipinski definition) is 7. The monoisotopic (exact) mass is 415 g/mol. The highest BCUT2D eigenvalue weighted by Crippen LogP contribution is 2.22. The van der Waals surface area contributed by atoms with Crippen molar-refractivity contribution in [3.8, 4) is 11.5 Å². The third-order valence-electron chi connectivity index (χ3n) is 3.99. The Morgan fingerprint density at radius 2 is 1.74 bits per heavy atom. The number of carbonyl (C=O) groups excluding carboxylic acids is 1. The van der Waals surface area contributed by atoms with Crippen LogP contribution in [-0.4, -0.2) is 21.0 Å². The molecule has 0 unspecified atom stereocenters. The first kappa shape index (κ1) is 18.1. The molecule has 0 atom stereocenters. The van der Waals surface area contributed by atoms with Crippen molar-refractivity contribution in [2.24, 2.45) is 0 Å². The third kappa shape index (κ3) is 4.71. The van der Waals surface area contributed by atoms with Crippen LogP contribution in [0.5, 0.6) is 0 Å². The molecule has 0 saturated carbocycles. The summed E-state index contributed by atoms with van der Waals surface area (Å²) >= 11 is 4.92. The first-order valence-electron chi connectivity index (χ1n) is 8.45. The molecule has 8 heteroatoms. The molecule has 4 rings (SSSR count). The number of rotatable bonds is 8. The van der Waals surface area contributed by atoms with Crippen molar-refractivity contribution >= 4 is 39.9 Å². The summed E-state index contributed by atoms with van der Waals surface area (Å²) in [5.74, 6) is 1.09. The summed E-state index contributed by atoms with van der Waals surface area (Å²) in [6.45, 7) is 1.25. The number of nitrogens with zero attached hydrogens (tertiary/aromatic N) is 3. The average Bonchev–Trinajstić information content (AvgIpc) is 3.48. The highest BCUT2D eigenvalue weighted by molar-refractivity contribution is 7.10. The third-order valence-corrected chi connectivity index (χ3v) is 6.40. The van der Waals surface area contributed by atoms with Gasteiger partial charge in [-0.2, -0.15) is 11.3 Å². The van der Waals surface area contributed by atoms with Crippen molar-refractivity contribution in [2.75, 3.05) is 0 Å². The number of aromatic nitrogens is 2. The highest BCUT2D eigenvalue weighted by Gasteiger charge is 2.17. The van der Waals surface area contributed by atoms with Crippen LogP contribution in [0.1, 0.15) is 22.1 Å². The van der Waals surface area contributed by atoms with Crippen molar-refractivity contribution in [1.82, 2.24) is 15.1 Å². The molecule has 0 aliphatic carbocycles. The first-order valence-corrected chi connectivity index (χ1v) is 11.2. The van der Waals surface area contributed by atoms with Gasteiger partial charge >= 0.3 is 0 Å². The van der Waals surface area contributed by atoms with Gasteiger partial charge in [-0.3, -0.25) is 4.79 Å². The summed E-state index contributed by atoms with van der Waals surface area (Å²) in [6, 6.07) is 10.1. The SMILES string of the molecule is O=C(CCc1nnc(-c2ccsc2)o1)N(Cc1cccs1)Cc1cccs1. The molecular formula is C19H17N3O2S3. The molecule has 0 radical (unpaired) electrons. The Kier molecular flexibility index (Phi) is 5.76. The van der Waals surface area contributed by atoms with Gasteiger partial charge in [-0.15, -0.1) is 32.9 Å². The number of amides is 1. The van der Waals surface area contributed by atoms with Crippen molar-refractivity contribution < 1.29 is 9.21 Å². The molecule has 4 aromatic heterocycles. The predicted octanol–water partition coefficient (Wildman–Crippen LogP) is 5.08. The van der Waals surface area contributed by atoms with Gasteiger partial charge in [0.05, 0.1) is 13.1 Å². The molecule has 0 fully saturated rings. The van der Waals surface area contributed by atoms with E-state index in [1.54, 1.807) is 34.0 Å². The van der Waals surface area contributed by atoms with E-state index in [0.717, 1.165) is 5.56 Å². The molecule has 138 valence electrons. The van der Waals surface area contributed by atoms with E-state index in [2.05, 4.69) is 22.3 Å². The van der Waals surface area contributed by atoms with Crippen LogP contribution < -0.4 is 0 Å². The lowest BCUT2D eigenvalue weighted by atomic mass is 10.2. The van der Waals surface area contributed by atoms with E-state index in [9.17, 15) is 4.79 Å². The molecular weight excluding hydrogens is 398 g/mol. The topological polar surface area (TPSA) is 59.2 Å². The van der Waals surface area contributed by atoms with Crippen LogP contribution in [0.3, 0.4) is 0 Å². The fraction of sp³-hybridized carbons (Fsp3) is 0.211. The zero-order valence-electron chi connectivity index (χ0n) is 14.4. The molecule has 4 heterocycles. The number of aryl methyl sites for hydroxylation is 1.